The molecule has 1 aromatic carbocycles. The summed E-state index contributed by atoms with van der Waals surface area (Å²) in [6, 6.07) is 7.20. The van der Waals surface area contributed by atoms with Gasteiger partial charge in [-0.3, -0.25) is 0 Å². The van der Waals surface area contributed by atoms with Gasteiger partial charge >= 0.3 is 6.03 Å². The van der Waals surface area contributed by atoms with Gasteiger partial charge in [-0.1, -0.05) is 30.7 Å². The van der Waals surface area contributed by atoms with Gasteiger partial charge in [0.2, 0.25) is 0 Å². The molecule has 0 atom stereocenters. The molecule has 2 N–H and O–H groups in total. The van der Waals surface area contributed by atoms with Crippen LogP contribution in [0.5, 0.6) is 0 Å². The molecule has 0 saturated heterocycles. The highest BCUT2D eigenvalue weighted by Crippen LogP contribution is 2.10. The third kappa shape index (κ3) is 4.94. The summed E-state index contributed by atoms with van der Waals surface area (Å²) in [7, 11) is 0. The van der Waals surface area contributed by atoms with Crippen LogP contribution in [0, 0.1) is 0 Å². The molecule has 0 unspecified atom stereocenters. The molecule has 5 heteroatoms. The number of amides is 2. The molecule has 0 aliphatic heterocycles. The van der Waals surface area contributed by atoms with Crippen molar-refractivity contribution in [2.75, 3.05) is 19.7 Å². The fraction of sp³-hybridized carbons (Fsp3) is 0.462. The molecule has 2 amide bonds. The molecule has 0 bridgehead atoms. The van der Waals surface area contributed by atoms with E-state index in [9.17, 15) is 4.79 Å². The molecule has 100 valence electrons. The largest absolute Gasteiger partial charge is 0.395 e. The molecule has 0 aliphatic rings. The van der Waals surface area contributed by atoms with E-state index in [0.29, 0.717) is 24.7 Å². The van der Waals surface area contributed by atoms with Crippen LogP contribution in [-0.4, -0.2) is 35.7 Å². The standard InChI is InChI=1S/C13H19ClN2O2/c1-2-6-16(7-8-17)13(18)15-10-11-4-3-5-12(14)9-11/h3-5,9,17H,2,6-8,10H2,1H3,(H,15,18). The summed E-state index contributed by atoms with van der Waals surface area (Å²) in [5.74, 6) is 0. The number of nitrogens with zero attached hydrogens (tertiary/aromatic N) is 1. The van der Waals surface area contributed by atoms with Gasteiger partial charge < -0.3 is 15.3 Å². The minimum atomic E-state index is -0.161. The number of aliphatic hydroxyl groups excluding tert-OH is 1. The lowest BCUT2D eigenvalue weighted by Gasteiger charge is -2.21. The number of rotatable bonds is 6. The smallest absolute Gasteiger partial charge is 0.317 e. The van der Waals surface area contributed by atoms with Crippen LogP contribution < -0.4 is 5.32 Å². The van der Waals surface area contributed by atoms with Crippen molar-refractivity contribution < 1.29 is 9.90 Å². The van der Waals surface area contributed by atoms with Gasteiger partial charge in [0.1, 0.15) is 0 Å². The summed E-state index contributed by atoms with van der Waals surface area (Å²) < 4.78 is 0. The van der Waals surface area contributed by atoms with Gasteiger partial charge in [-0.25, -0.2) is 4.79 Å². The molecule has 4 nitrogen and oxygen atoms in total. The van der Waals surface area contributed by atoms with Gasteiger partial charge in [-0.05, 0) is 24.1 Å². The molecule has 0 fully saturated rings. The first-order chi connectivity index (χ1) is 8.67. The number of carbonyl (C=O) groups excluding carboxylic acids is 1. The van der Waals surface area contributed by atoms with Crippen molar-refractivity contribution in [1.82, 2.24) is 10.2 Å². The Morgan fingerprint density at radius 2 is 2.22 bits per heavy atom. The predicted molar refractivity (Wildman–Crippen MR) is 72.6 cm³/mol. The lowest BCUT2D eigenvalue weighted by Crippen LogP contribution is -2.41. The molecular formula is C13H19ClN2O2. The predicted octanol–water partition coefficient (Wildman–Crippen LogP) is 2.25. The van der Waals surface area contributed by atoms with E-state index in [2.05, 4.69) is 5.32 Å². The Hall–Kier alpha value is -1.26. The summed E-state index contributed by atoms with van der Waals surface area (Å²) in [4.78, 5) is 13.5. The number of hydrogen-bond donors (Lipinski definition) is 2. The van der Waals surface area contributed by atoms with Crippen LogP contribution in [0.4, 0.5) is 4.79 Å². The molecule has 1 aromatic rings. The van der Waals surface area contributed by atoms with Gasteiger partial charge in [-0.15, -0.1) is 0 Å². The lowest BCUT2D eigenvalue weighted by molar-refractivity contribution is 0.177. The first kappa shape index (κ1) is 14.8. The van der Waals surface area contributed by atoms with Crippen molar-refractivity contribution in [3.05, 3.63) is 34.9 Å². The van der Waals surface area contributed by atoms with Crippen LogP contribution in [0.3, 0.4) is 0 Å². The Labute approximate surface area is 113 Å². The Bertz CT molecular complexity index is 379. The summed E-state index contributed by atoms with van der Waals surface area (Å²) in [5.41, 5.74) is 0.955. The third-order valence-electron chi connectivity index (χ3n) is 2.48. The van der Waals surface area contributed by atoms with Crippen LogP contribution >= 0.6 is 11.6 Å². The third-order valence-corrected chi connectivity index (χ3v) is 2.72. The zero-order valence-corrected chi connectivity index (χ0v) is 11.3. The van der Waals surface area contributed by atoms with E-state index < -0.39 is 0 Å². The zero-order valence-electron chi connectivity index (χ0n) is 10.5. The molecule has 0 heterocycles. The van der Waals surface area contributed by atoms with Crippen LogP contribution in [0.15, 0.2) is 24.3 Å². The number of benzene rings is 1. The maximum absolute atomic E-state index is 11.9. The summed E-state index contributed by atoms with van der Waals surface area (Å²) in [6.07, 6.45) is 0.866. The highest BCUT2D eigenvalue weighted by molar-refractivity contribution is 6.30. The maximum atomic E-state index is 11.9. The Balaban J connectivity index is 2.48. The number of hydrogen-bond acceptors (Lipinski definition) is 2. The van der Waals surface area contributed by atoms with Gasteiger partial charge in [0, 0.05) is 24.7 Å². The molecule has 18 heavy (non-hydrogen) atoms. The van der Waals surface area contributed by atoms with E-state index in [0.717, 1.165) is 12.0 Å². The molecule has 0 aromatic heterocycles. The Morgan fingerprint density at radius 1 is 1.44 bits per heavy atom. The monoisotopic (exact) mass is 270 g/mol. The Morgan fingerprint density at radius 3 is 2.83 bits per heavy atom. The topological polar surface area (TPSA) is 52.6 Å². The summed E-state index contributed by atoms with van der Waals surface area (Å²) >= 11 is 5.87. The van der Waals surface area contributed by atoms with Gasteiger partial charge in [0.25, 0.3) is 0 Å². The number of halogens is 1. The first-order valence-corrected chi connectivity index (χ1v) is 6.43. The van der Waals surface area contributed by atoms with E-state index >= 15 is 0 Å². The zero-order chi connectivity index (χ0) is 13.4. The van der Waals surface area contributed by atoms with E-state index in [-0.39, 0.29) is 12.6 Å². The van der Waals surface area contributed by atoms with Crippen molar-refractivity contribution in [2.24, 2.45) is 0 Å². The van der Waals surface area contributed by atoms with Crippen molar-refractivity contribution in [3.8, 4) is 0 Å². The van der Waals surface area contributed by atoms with Gasteiger partial charge in [0.15, 0.2) is 0 Å². The van der Waals surface area contributed by atoms with Crippen LogP contribution in [0.2, 0.25) is 5.02 Å². The van der Waals surface area contributed by atoms with Crippen LogP contribution in [-0.2, 0) is 6.54 Å². The number of urea groups is 1. The van der Waals surface area contributed by atoms with Crippen LogP contribution in [0.1, 0.15) is 18.9 Å². The minimum absolute atomic E-state index is 0.0232. The fourth-order valence-electron chi connectivity index (χ4n) is 1.64. The van der Waals surface area contributed by atoms with Crippen molar-refractivity contribution in [2.45, 2.75) is 19.9 Å². The second-order valence-corrected chi connectivity index (χ2v) is 4.44. The number of aliphatic hydroxyl groups is 1. The van der Waals surface area contributed by atoms with E-state index in [1.54, 1.807) is 11.0 Å². The van der Waals surface area contributed by atoms with Crippen molar-refractivity contribution in [1.29, 1.82) is 0 Å². The van der Waals surface area contributed by atoms with E-state index in [1.165, 1.54) is 0 Å². The SMILES string of the molecule is CCCN(CCO)C(=O)NCc1cccc(Cl)c1. The number of carbonyl (C=O) groups is 1. The summed E-state index contributed by atoms with van der Waals surface area (Å²) in [5, 5.41) is 12.4. The van der Waals surface area contributed by atoms with Crippen LogP contribution in [0.25, 0.3) is 0 Å². The second-order valence-electron chi connectivity index (χ2n) is 4.00. The quantitative estimate of drug-likeness (QED) is 0.833. The molecule has 0 saturated carbocycles. The normalized spacial score (nSPS) is 10.2. The molecular weight excluding hydrogens is 252 g/mol. The van der Waals surface area contributed by atoms with Crippen molar-refractivity contribution >= 4 is 17.6 Å². The Kier molecular flexibility index (Phi) is 6.54. The molecule has 1 rings (SSSR count). The first-order valence-electron chi connectivity index (χ1n) is 6.05. The second kappa shape index (κ2) is 7.95. The molecule has 0 spiro atoms. The average Bonchev–Trinajstić information content (AvgIpc) is 2.36. The average molecular weight is 271 g/mol. The highest BCUT2D eigenvalue weighted by Gasteiger charge is 2.10. The maximum Gasteiger partial charge on any atom is 0.317 e. The number of nitrogens with one attached hydrogen (secondary N) is 1. The van der Waals surface area contributed by atoms with Crippen molar-refractivity contribution in [3.63, 3.8) is 0 Å². The van der Waals surface area contributed by atoms with E-state index in [1.807, 2.05) is 25.1 Å². The highest BCUT2D eigenvalue weighted by atomic mass is 35.5. The molecule has 0 radical (unpaired) electrons. The van der Waals surface area contributed by atoms with E-state index in [4.69, 9.17) is 16.7 Å². The fourth-order valence-corrected chi connectivity index (χ4v) is 1.85. The summed E-state index contributed by atoms with van der Waals surface area (Å²) in [6.45, 7) is 3.40. The molecule has 0 aliphatic carbocycles. The minimum Gasteiger partial charge on any atom is -0.395 e. The lowest BCUT2D eigenvalue weighted by atomic mass is 10.2. The van der Waals surface area contributed by atoms with Gasteiger partial charge in [0.05, 0.1) is 6.61 Å². The van der Waals surface area contributed by atoms with Gasteiger partial charge in [-0.2, -0.15) is 0 Å².